The van der Waals surface area contributed by atoms with Crippen LogP contribution < -0.4 is 10.1 Å². The van der Waals surface area contributed by atoms with Crippen molar-refractivity contribution in [3.8, 4) is 5.75 Å². The van der Waals surface area contributed by atoms with Crippen molar-refractivity contribution in [1.82, 2.24) is 10.2 Å². The Morgan fingerprint density at radius 1 is 1.06 bits per heavy atom. The van der Waals surface area contributed by atoms with Crippen LogP contribution in [0.4, 0.5) is 0 Å². The minimum atomic E-state index is -0.0989. The second-order valence-corrected chi connectivity index (χ2v) is 8.45. The smallest absolute Gasteiger partial charge is 0.254 e. The third kappa shape index (κ3) is 6.00. The van der Waals surface area contributed by atoms with Gasteiger partial charge in [0.25, 0.3) is 5.91 Å². The third-order valence-corrected chi connectivity index (χ3v) is 5.88. The number of rotatable bonds is 7. The lowest BCUT2D eigenvalue weighted by Gasteiger charge is -2.30. The summed E-state index contributed by atoms with van der Waals surface area (Å²) >= 11 is 0. The molecule has 1 heterocycles. The standard InChI is InChI=1S/C29H30N2O3/c1-30-16-17-34-27-14-12-24(13-15-27)29(33)31-20-25(18-22-8-4-2-5-9-22)28(32)26(21-31)19-23-10-6-3-7-11-23/h2-10,12-15,18-19,23,30H,11,16-17,20-21H2,1H3. The first-order valence-electron chi connectivity index (χ1n) is 11.6. The number of nitrogens with zero attached hydrogens (tertiary/aromatic N) is 1. The van der Waals surface area contributed by atoms with E-state index >= 15 is 0 Å². The van der Waals surface area contributed by atoms with E-state index in [1.54, 1.807) is 17.0 Å². The molecule has 1 aliphatic heterocycles. The molecule has 1 N–H and O–H groups in total. The molecule has 2 aromatic rings. The van der Waals surface area contributed by atoms with Crippen LogP contribution in [-0.4, -0.2) is 49.9 Å². The molecule has 0 saturated carbocycles. The maximum atomic E-state index is 13.4. The van der Waals surface area contributed by atoms with E-state index in [1.807, 2.05) is 73.8 Å². The lowest BCUT2D eigenvalue weighted by Crippen LogP contribution is -2.41. The molecule has 174 valence electrons. The highest BCUT2D eigenvalue weighted by Crippen LogP contribution is 2.25. The van der Waals surface area contributed by atoms with Crippen molar-refractivity contribution in [1.29, 1.82) is 0 Å². The summed E-state index contributed by atoms with van der Waals surface area (Å²) < 4.78 is 5.66. The molecule has 34 heavy (non-hydrogen) atoms. The Morgan fingerprint density at radius 3 is 2.53 bits per heavy atom. The Labute approximate surface area is 201 Å². The number of benzene rings is 2. The van der Waals surface area contributed by atoms with Crippen molar-refractivity contribution in [3.63, 3.8) is 0 Å². The quantitative estimate of drug-likeness (QED) is 0.496. The molecule has 1 saturated heterocycles. The van der Waals surface area contributed by atoms with Gasteiger partial charge in [-0.05, 0) is 55.3 Å². The van der Waals surface area contributed by atoms with Crippen LogP contribution in [0.1, 0.15) is 22.3 Å². The van der Waals surface area contributed by atoms with Crippen LogP contribution in [0.15, 0.2) is 96.1 Å². The zero-order valence-electron chi connectivity index (χ0n) is 19.4. The third-order valence-electron chi connectivity index (χ3n) is 5.88. The molecule has 5 nitrogen and oxygen atoms in total. The number of hydrogen-bond acceptors (Lipinski definition) is 4. The number of Topliss-reactive ketones (excluding diaryl/α,β-unsaturated/α-hetero) is 1. The van der Waals surface area contributed by atoms with Gasteiger partial charge in [0.1, 0.15) is 12.4 Å². The summed E-state index contributed by atoms with van der Waals surface area (Å²) in [6.07, 6.45) is 13.0. The number of hydrogen-bond donors (Lipinski definition) is 1. The van der Waals surface area contributed by atoms with Crippen molar-refractivity contribution in [3.05, 3.63) is 107 Å². The van der Waals surface area contributed by atoms with Gasteiger partial charge >= 0.3 is 0 Å². The highest BCUT2D eigenvalue weighted by molar-refractivity contribution is 6.13. The molecule has 1 aliphatic carbocycles. The van der Waals surface area contributed by atoms with Crippen molar-refractivity contribution < 1.29 is 14.3 Å². The van der Waals surface area contributed by atoms with Gasteiger partial charge in [0, 0.05) is 29.8 Å². The van der Waals surface area contributed by atoms with E-state index in [2.05, 4.69) is 17.5 Å². The number of carbonyl (C=O) groups is 2. The van der Waals surface area contributed by atoms with E-state index < -0.39 is 0 Å². The molecule has 0 bridgehead atoms. The number of allylic oxidation sites excluding steroid dienone is 5. The second-order valence-electron chi connectivity index (χ2n) is 8.45. The molecular formula is C29H30N2O3. The van der Waals surface area contributed by atoms with Crippen molar-refractivity contribution in [2.45, 2.75) is 6.42 Å². The number of nitrogens with one attached hydrogen (secondary N) is 1. The molecule has 1 unspecified atom stereocenters. The van der Waals surface area contributed by atoms with E-state index in [9.17, 15) is 9.59 Å². The summed E-state index contributed by atoms with van der Waals surface area (Å²) in [7, 11) is 1.87. The maximum absolute atomic E-state index is 13.4. The first kappa shape index (κ1) is 23.5. The number of piperidine rings is 1. The summed E-state index contributed by atoms with van der Waals surface area (Å²) in [5.74, 6) is 0.802. The zero-order chi connectivity index (χ0) is 23.8. The highest BCUT2D eigenvalue weighted by atomic mass is 16.5. The van der Waals surface area contributed by atoms with E-state index in [0.717, 1.165) is 24.3 Å². The maximum Gasteiger partial charge on any atom is 0.254 e. The fourth-order valence-electron chi connectivity index (χ4n) is 4.08. The molecule has 4 rings (SSSR count). The highest BCUT2D eigenvalue weighted by Gasteiger charge is 2.30. The normalized spacial score (nSPS) is 20.2. The van der Waals surface area contributed by atoms with Crippen molar-refractivity contribution in [2.24, 2.45) is 5.92 Å². The van der Waals surface area contributed by atoms with Gasteiger partial charge in [0.05, 0.1) is 6.54 Å². The van der Waals surface area contributed by atoms with Crippen LogP contribution in [0.25, 0.3) is 6.08 Å². The van der Waals surface area contributed by atoms with E-state index in [-0.39, 0.29) is 24.2 Å². The summed E-state index contributed by atoms with van der Waals surface area (Å²) in [4.78, 5) is 28.5. The van der Waals surface area contributed by atoms with Gasteiger partial charge in [0.2, 0.25) is 0 Å². The zero-order valence-corrected chi connectivity index (χ0v) is 19.4. The number of likely N-dealkylation sites (tertiary alicyclic amines) is 1. The summed E-state index contributed by atoms with van der Waals surface area (Å²) in [6, 6.07) is 17.0. The molecule has 2 aromatic carbocycles. The number of amides is 1. The minimum Gasteiger partial charge on any atom is -0.492 e. The van der Waals surface area contributed by atoms with Gasteiger partial charge in [0.15, 0.2) is 5.78 Å². The predicted molar refractivity (Wildman–Crippen MR) is 136 cm³/mol. The SMILES string of the molecule is CNCCOc1ccc(C(=O)N2CC(=Cc3ccccc3)C(=O)C(=CC3C=CC=CC3)C2)cc1. The van der Waals surface area contributed by atoms with E-state index in [0.29, 0.717) is 29.9 Å². The Balaban J connectivity index is 1.58. The average molecular weight is 455 g/mol. The van der Waals surface area contributed by atoms with E-state index in [1.165, 1.54) is 0 Å². The monoisotopic (exact) mass is 454 g/mol. The fourth-order valence-corrected chi connectivity index (χ4v) is 4.08. The summed E-state index contributed by atoms with van der Waals surface area (Å²) in [5.41, 5.74) is 2.82. The van der Waals surface area contributed by atoms with Gasteiger partial charge in [-0.1, -0.05) is 60.7 Å². The van der Waals surface area contributed by atoms with Gasteiger partial charge in [-0.3, -0.25) is 9.59 Å². The topological polar surface area (TPSA) is 58.6 Å². The van der Waals surface area contributed by atoms with Gasteiger partial charge in [-0.15, -0.1) is 0 Å². The Morgan fingerprint density at radius 2 is 1.82 bits per heavy atom. The Hall–Kier alpha value is -3.70. The number of carbonyl (C=O) groups excluding carboxylic acids is 2. The molecule has 1 atom stereocenters. The van der Waals surface area contributed by atoms with Crippen LogP contribution in [0, 0.1) is 5.92 Å². The molecule has 1 fully saturated rings. The molecule has 0 aromatic heterocycles. The minimum absolute atomic E-state index is 0.0177. The second kappa shape index (κ2) is 11.4. The first-order chi connectivity index (χ1) is 16.6. The molecule has 0 radical (unpaired) electrons. The summed E-state index contributed by atoms with van der Waals surface area (Å²) in [6.45, 7) is 1.90. The average Bonchev–Trinajstić information content (AvgIpc) is 2.88. The Kier molecular flexibility index (Phi) is 7.89. The van der Waals surface area contributed by atoms with Crippen molar-refractivity contribution >= 4 is 17.8 Å². The lowest BCUT2D eigenvalue weighted by atomic mass is 9.90. The molecule has 2 aliphatic rings. The van der Waals surface area contributed by atoms with Crippen molar-refractivity contribution in [2.75, 3.05) is 33.3 Å². The van der Waals surface area contributed by atoms with Crippen LogP contribution in [0.2, 0.25) is 0 Å². The van der Waals surface area contributed by atoms with Crippen LogP contribution in [0.3, 0.4) is 0 Å². The largest absolute Gasteiger partial charge is 0.492 e. The molecule has 0 spiro atoms. The van der Waals surface area contributed by atoms with Crippen LogP contribution >= 0.6 is 0 Å². The lowest BCUT2D eigenvalue weighted by molar-refractivity contribution is -0.113. The first-order valence-corrected chi connectivity index (χ1v) is 11.6. The van der Waals surface area contributed by atoms with Crippen LogP contribution in [0.5, 0.6) is 5.75 Å². The van der Waals surface area contributed by atoms with Gasteiger partial charge in [-0.2, -0.15) is 0 Å². The Bertz CT molecular complexity index is 1130. The number of likely N-dealkylation sites (N-methyl/N-ethyl adjacent to an activating group) is 1. The van der Waals surface area contributed by atoms with Gasteiger partial charge < -0.3 is 15.0 Å². The molecular weight excluding hydrogens is 424 g/mol. The number of ketones is 1. The fraction of sp³-hybridized carbons (Fsp3) is 0.241. The summed E-state index contributed by atoms with van der Waals surface area (Å²) in [5, 5.41) is 3.04. The molecule has 1 amide bonds. The van der Waals surface area contributed by atoms with E-state index in [4.69, 9.17) is 4.74 Å². The predicted octanol–water partition coefficient (Wildman–Crippen LogP) is 4.45. The van der Waals surface area contributed by atoms with Gasteiger partial charge in [-0.25, -0.2) is 0 Å². The number of ether oxygens (including phenoxy) is 1. The molecule has 5 heteroatoms. The van der Waals surface area contributed by atoms with Crippen LogP contribution in [-0.2, 0) is 4.79 Å².